The lowest BCUT2D eigenvalue weighted by atomic mass is 9.93. The number of pyridine rings is 1. The summed E-state index contributed by atoms with van der Waals surface area (Å²) in [5.74, 6) is -1.32. The average Bonchev–Trinajstić information content (AvgIpc) is 2.89. The Morgan fingerprint density at radius 2 is 1.92 bits per heavy atom. The maximum absolute atomic E-state index is 13.9. The van der Waals surface area contributed by atoms with Gasteiger partial charge in [0.1, 0.15) is 18.2 Å². The van der Waals surface area contributed by atoms with Gasteiger partial charge in [-0.15, -0.1) is 0 Å². The maximum atomic E-state index is 13.9. The van der Waals surface area contributed by atoms with E-state index in [1.807, 2.05) is 37.1 Å². The molecule has 0 amide bonds. The zero-order valence-corrected chi connectivity index (χ0v) is 21.1. The van der Waals surface area contributed by atoms with E-state index in [4.69, 9.17) is 4.74 Å². The predicted molar refractivity (Wildman–Crippen MR) is 139 cm³/mol. The molecule has 2 aromatic carbocycles. The molecular weight excluding hydrogens is 476 g/mol. The van der Waals surface area contributed by atoms with E-state index in [-0.39, 0.29) is 23.7 Å². The summed E-state index contributed by atoms with van der Waals surface area (Å²) in [7, 11) is 1.91. The van der Waals surface area contributed by atoms with Crippen molar-refractivity contribution in [3.05, 3.63) is 101 Å². The van der Waals surface area contributed by atoms with Crippen molar-refractivity contribution in [1.82, 2.24) is 9.88 Å². The topological polar surface area (TPSA) is 65.9 Å². The fourth-order valence-electron chi connectivity index (χ4n) is 4.57. The standard InChI is InChI=1S/C29H31F2N3O3/c1-19-7-8-22(29(35)36)16-27(19)33(3)20(2)17-34-13-11-21(12-14-34)26-5-4-6-28(32-26)37-18-23-15-24(30)9-10-25(23)31/h4-10,15-16,21H,2,11-14,17-18H2,1,3H3,(H,35,36). The minimum Gasteiger partial charge on any atom is -0.478 e. The third kappa shape index (κ3) is 6.51. The highest BCUT2D eigenvalue weighted by atomic mass is 19.1. The van der Waals surface area contributed by atoms with E-state index < -0.39 is 17.6 Å². The molecule has 4 rings (SSSR count). The van der Waals surface area contributed by atoms with Crippen molar-refractivity contribution in [1.29, 1.82) is 0 Å². The second-order valence-corrected chi connectivity index (χ2v) is 9.41. The second-order valence-electron chi connectivity index (χ2n) is 9.41. The Hall–Kier alpha value is -3.78. The minimum atomic E-state index is -0.952. The smallest absolute Gasteiger partial charge is 0.335 e. The first-order valence-corrected chi connectivity index (χ1v) is 12.2. The Kier molecular flexibility index (Phi) is 8.18. The molecule has 194 valence electrons. The summed E-state index contributed by atoms with van der Waals surface area (Å²) in [6.07, 6.45) is 1.83. The lowest BCUT2D eigenvalue weighted by Crippen LogP contribution is -2.37. The number of aryl methyl sites for hydroxylation is 1. The van der Waals surface area contributed by atoms with Crippen LogP contribution >= 0.6 is 0 Å². The molecule has 0 radical (unpaired) electrons. The number of piperidine rings is 1. The number of hydrogen-bond acceptors (Lipinski definition) is 5. The number of likely N-dealkylation sites (tertiary alicyclic amines) is 1. The molecule has 2 heterocycles. The van der Waals surface area contributed by atoms with Gasteiger partial charge in [-0.25, -0.2) is 18.6 Å². The van der Waals surface area contributed by atoms with E-state index >= 15 is 0 Å². The number of carbonyl (C=O) groups is 1. The maximum Gasteiger partial charge on any atom is 0.335 e. The van der Waals surface area contributed by atoms with E-state index in [1.54, 1.807) is 18.2 Å². The molecule has 0 atom stereocenters. The first kappa shape index (κ1) is 26.3. The van der Waals surface area contributed by atoms with Crippen molar-refractivity contribution in [2.24, 2.45) is 0 Å². The third-order valence-corrected chi connectivity index (χ3v) is 6.83. The van der Waals surface area contributed by atoms with Crippen molar-refractivity contribution in [2.45, 2.75) is 32.3 Å². The summed E-state index contributed by atoms with van der Waals surface area (Å²) in [6, 6.07) is 14.0. The number of nitrogens with zero attached hydrogens (tertiary/aromatic N) is 3. The van der Waals surface area contributed by atoms with Crippen molar-refractivity contribution in [3.8, 4) is 5.88 Å². The van der Waals surface area contributed by atoms with Gasteiger partial charge < -0.3 is 14.7 Å². The first-order valence-electron chi connectivity index (χ1n) is 12.2. The molecule has 0 saturated carbocycles. The molecule has 37 heavy (non-hydrogen) atoms. The van der Waals surface area contributed by atoms with Crippen LogP contribution in [0.2, 0.25) is 0 Å². The number of aromatic nitrogens is 1. The van der Waals surface area contributed by atoms with Crippen LogP contribution in [0, 0.1) is 18.6 Å². The summed E-state index contributed by atoms with van der Waals surface area (Å²) in [5.41, 5.74) is 4.03. The monoisotopic (exact) mass is 507 g/mol. The highest BCUT2D eigenvalue weighted by molar-refractivity contribution is 5.89. The lowest BCUT2D eigenvalue weighted by molar-refractivity contribution is 0.0697. The molecule has 0 unspecified atom stereocenters. The van der Waals surface area contributed by atoms with Crippen molar-refractivity contribution in [2.75, 3.05) is 31.6 Å². The molecule has 0 aliphatic carbocycles. The number of halogens is 2. The molecule has 1 aromatic heterocycles. The molecule has 1 aliphatic rings. The molecule has 0 spiro atoms. The molecule has 1 fully saturated rings. The van der Waals surface area contributed by atoms with Crippen LogP contribution in [-0.2, 0) is 6.61 Å². The van der Waals surface area contributed by atoms with Gasteiger partial charge in [-0.1, -0.05) is 18.7 Å². The molecule has 1 aliphatic heterocycles. The summed E-state index contributed by atoms with van der Waals surface area (Å²) >= 11 is 0. The Morgan fingerprint density at radius 3 is 2.65 bits per heavy atom. The number of ether oxygens (including phenoxy) is 1. The highest BCUT2D eigenvalue weighted by Gasteiger charge is 2.23. The van der Waals surface area contributed by atoms with Crippen LogP contribution in [0.15, 0.2) is 66.9 Å². The SMILES string of the molecule is C=C(CN1CCC(c2cccc(OCc3cc(F)ccc3F)n2)CC1)N(C)c1cc(C(=O)O)ccc1C. The summed E-state index contributed by atoms with van der Waals surface area (Å²) in [4.78, 5) is 20.3. The van der Waals surface area contributed by atoms with Gasteiger partial charge in [0.05, 0.1) is 5.56 Å². The Labute approximate surface area is 215 Å². The minimum absolute atomic E-state index is 0.0943. The quantitative estimate of drug-likeness (QED) is 0.396. The summed E-state index contributed by atoms with van der Waals surface area (Å²) < 4.78 is 32.9. The number of benzene rings is 2. The van der Waals surface area contributed by atoms with Gasteiger partial charge >= 0.3 is 5.97 Å². The zero-order valence-electron chi connectivity index (χ0n) is 21.1. The zero-order chi connectivity index (χ0) is 26.5. The van der Waals surface area contributed by atoms with Crippen LogP contribution in [0.4, 0.5) is 14.5 Å². The van der Waals surface area contributed by atoms with Crippen LogP contribution in [0.1, 0.15) is 45.9 Å². The number of rotatable bonds is 9. The fraction of sp³-hybridized carbons (Fsp3) is 0.310. The number of carboxylic acids is 1. The molecule has 1 N–H and O–H groups in total. The predicted octanol–water partition coefficient (Wildman–Crippen LogP) is 5.77. The number of carboxylic acid groups (broad SMARTS) is 1. The van der Waals surface area contributed by atoms with Gasteiger partial charge in [0.2, 0.25) is 5.88 Å². The molecular formula is C29H31F2N3O3. The Balaban J connectivity index is 1.32. The normalized spacial score (nSPS) is 14.4. The van der Waals surface area contributed by atoms with Gasteiger partial charge in [-0.3, -0.25) is 4.90 Å². The Morgan fingerprint density at radius 1 is 1.16 bits per heavy atom. The molecule has 6 nitrogen and oxygen atoms in total. The molecule has 3 aromatic rings. The van der Waals surface area contributed by atoms with E-state index in [0.717, 1.165) is 66.8 Å². The fourth-order valence-corrected chi connectivity index (χ4v) is 4.57. The summed E-state index contributed by atoms with van der Waals surface area (Å²) in [6.45, 7) is 8.52. The van der Waals surface area contributed by atoms with Gasteiger partial charge in [-0.2, -0.15) is 0 Å². The van der Waals surface area contributed by atoms with Gasteiger partial charge in [0.25, 0.3) is 0 Å². The number of anilines is 1. The number of hydrogen-bond donors (Lipinski definition) is 1. The van der Waals surface area contributed by atoms with Crippen LogP contribution in [0.3, 0.4) is 0 Å². The van der Waals surface area contributed by atoms with Crippen LogP contribution < -0.4 is 9.64 Å². The lowest BCUT2D eigenvalue weighted by Gasteiger charge is -2.34. The van der Waals surface area contributed by atoms with Gasteiger partial charge in [-0.05, 0) is 74.8 Å². The second kappa shape index (κ2) is 11.5. The Bertz CT molecular complexity index is 1290. The van der Waals surface area contributed by atoms with E-state index in [2.05, 4.69) is 16.5 Å². The van der Waals surface area contributed by atoms with E-state index in [9.17, 15) is 18.7 Å². The number of aromatic carboxylic acids is 1. The molecule has 1 saturated heterocycles. The van der Waals surface area contributed by atoms with Crippen LogP contribution in [0.5, 0.6) is 5.88 Å². The first-order chi connectivity index (χ1) is 17.7. The van der Waals surface area contributed by atoms with Crippen molar-refractivity contribution >= 4 is 11.7 Å². The van der Waals surface area contributed by atoms with Crippen molar-refractivity contribution in [3.63, 3.8) is 0 Å². The van der Waals surface area contributed by atoms with E-state index in [0.29, 0.717) is 12.4 Å². The van der Waals surface area contributed by atoms with Gasteiger partial charge in [0.15, 0.2) is 0 Å². The molecule has 0 bridgehead atoms. The third-order valence-electron chi connectivity index (χ3n) is 6.83. The van der Waals surface area contributed by atoms with Crippen LogP contribution in [-0.4, -0.2) is 47.6 Å². The van der Waals surface area contributed by atoms with Gasteiger partial charge in [0, 0.05) is 48.2 Å². The largest absolute Gasteiger partial charge is 0.478 e. The van der Waals surface area contributed by atoms with Crippen molar-refractivity contribution < 1.29 is 23.4 Å². The average molecular weight is 508 g/mol. The summed E-state index contributed by atoms with van der Waals surface area (Å²) in [5, 5.41) is 9.33. The van der Waals surface area contributed by atoms with E-state index in [1.165, 1.54) is 0 Å². The number of likely N-dealkylation sites (N-methyl/N-ethyl adjacent to an activating group) is 1. The molecule has 8 heteroatoms. The highest BCUT2D eigenvalue weighted by Crippen LogP contribution is 2.29. The van der Waals surface area contributed by atoms with Crippen LogP contribution in [0.25, 0.3) is 0 Å².